The molecule has 0 amide bonds. The average Bonchev–Trinajstić information content (AvgIpc) is 2.68. The molecule has 1 aliphatic rings. The van der Waals surface area contributed by atoms with E-state index in [2.05, 4.69) is 40.3 Å². The molecule has 1 fully saturated rings. The van der Waals surface area contributed by atoms with Crippen molar-refractivity contribution in [3.63, 3.8) is 0 Å². The molecule has 2 aromatic rings. The Bertz CT molecular complexity index is 760. The Hall–Kier alpha value is -1.89. The molecule has 6 nitrogen and oxygen atoms in total. The third-order valence-electron chi connectivity index (χ3n) is 5.42. The second-order valence-electron chi connectivity index (χ2n) is 7.69. The number of aliphatic hydroxyl groups excluding tert-OH is 1. The van der Waals surface area contributed by atoms with E-state index in [0.717, 1.165) is 35.7 Å². The van der Waals surface area contributed by atoms with Crippen molar-refractivity contribution in [3.8, 4) is 11.3 Å². The van der Waals surface area contributed by atoms with E-state index in [1.807, 2.05) is 25.3 Å². The van der Waals surface area contributed by atoms with Gasteiger partial charge >= 0.3 is 0 Å². The Morgan fingerprint density at radius 1 is 1.25 bits per heavy atom. The van der Waals surface area contributed by atoms with E-state index in [1.165, 1.54) is 12.8 Å². The van der Waals surface area contributed by atoms with Crippen LogP contribution in [0.3, 0.4) is 0 Å². The van der Waals surface area contributed by atoms with Gasteiger partial charge < -0.3 is 20.2 Å². The zero-order valence-corrected chi connectivity index (χ0v) is 17.7. The normalized spacial score (nSPS) is 16.4. The number of hydrogen-bond acceptors (Lipinski definition) is 6. The van der Waals surface area contributed by atoms with E-state index in [-0.39, 0.29) is 12.6 Å². The number of pyridine rings is 2. The van der Waals surface area contributed by atoms with Gasteiger partial charge in [0.25, 0.3) is 0 Å². The van der Waals surface area contributed by atoms with Gasteiger partial charge in [-0.15, -0.1) is 0 Å². The molecule has 3 rings (SSSR count). The first kappa shape index (κ1) is 20.8. The maximum absolute atomic E-state index is 9.16. The van der Waals surface area contributed by atoms with Crippen LogP contribution in [0.25, 0.3) is 11.3 Å². The summed E-state index contributed by atoms with van der Waals surface area (Å²) < 4.78 is 0. The van der Waals surface area contributed by atoms with Gasteiger partial charge in [-0.2, -0.15) is 0 Å². The maximum Gasteiger partial charge on any atom is 0.131 e. The van der Waals surface area contributed by atoms with Gasteiger partial charge in [0.1, 0.15) is 5.15 Å². The smallest absolute Gasteiger partial charge is 0.131 e. The van der Waals surface area contributed by atoms with Crippen LogP contribution in [-0.4, -0.2) is 65.8 Å². The minimum atomic E-state index is 0.125. The molecular formula is C21H30ClN5O. The van der Waals surface area contributed by atoms with Gasteiger partial charge in [-0.05, 0) is 58.5 Å². The second kappa shape index (κ2) is 9.54. The molecular weight excluding hydrogens is 374 g/mol. The van der Waals surface area contributed by atoms with Gasteiger partial charge in [0.2, 0.25) is 0 Å². The van der Waals surface area contributed by atoms with Gasteiger partial charge in [0.15, 0.2) is 0 Å². The summed E-state index contributed by atoms with van der Waals surface area (Å²) in [6.45, 7) is 4.28. The summed E-state index contributed by atoms with van der Waals surface area (Å²) in [5.41, 5.74) is 3.81. The number of nitrogens with one attached hydrogen (secondary N) is 1. The van der Waals surface area contributed by atoms with Crippen LogP contribution in [-0.2, 0) is 0 Å². The van der Waals surface area contributed by atoms with Crippen LogP contribution in [0.2, 0.25) is 5.15 Å². The molecule has 0 radical (unpaired) electrons. The highest BCUT2D eigenvalue weighted by molar-refractivity contribution is 6.29. The van der Waals surface area contributed by atoms with Crippen LogP contribution in [0, 0.1) is 0 Å². The summed E-state index contributed by atoms with van der Waals surface area (Å²) in [6.07, 6.45) is 6.70. The molecule has 28 heavy (non-hydrogen) atoms. The SMILES string of the molecule is C[C@@H](CCO)Nc1cc(Cl)ncc1-c1ccc(N2CCC(N(C)C)CC2)cn1. The van der Waals surface area contributed by atoms with Crippen molar-refractivity contribution in [3.05, 3.63) is 35.7 Å². The lowest BCUT2D eigenvalue weighted by atomic mass is 10.0. The summed E-state index contributed by atoms with van der Waals surface area (Å²) in [4.78, 5) is 13.6. The lowest BCUT2D eigenvalue weighted by molar-refractivity contribution is 0.249. The van der Waals surface area contributed by atoms with E-state index >= 15 is 0 Å². The van der Waals surface area contributed by atoms with Crippen LogP contribution in [0.5, 0.6) is 0 Å². The molecule has 3 heterocycles. The molecule has 0 unspecified atom stereocenters. The van der Waals surface area contributed by atoms with E-state index in [0.29, 0.717) is 17.6 Å². The van der Waals surface area contributed by atoms with Crippen molar-refractivity contribution in [2.75, 3.05) is 44.0 Å². The van der Waals surface area contributed by atoms with E-state index in [4.69, 9.17) is 21.7 Å². The average molecular weight is 404 g/mol. The molecule has 0 aliphatic carbocycles. The highest BCUT2D eigenvalue weighted by Crippen LogP contribution is 2.30. The molecule has 1 atom stereocenters. The van der Waals surface area contributed by atoms with Crippen molar-refractivity contribution in [1.29, 1.82) is 0 Å². The third-order valence-corrected chi connectivity index (χ3v) is 5.63. The number of anilines is 2. The second-order valence-corrected chi connectivity index (χ2v) is 8.08. The monoisotopic (exact) mass is 403 g/mol. The van der Waals surface area contributed by atoms with Gasteiger partial charge in [-0.1, -0.05) is 11.6 Å². The fourth-order valence-corrected chi connectivity index (χ4v) is 3.82. The summed E-state index contributed by atoms with van der Waals surface area (Å²) >= 11 is 6.09. The third kappa shape index (κ3) is 5.13. The van der Waals surface area contributed by atoms with E-state index < -0.39 is 0 Å². The fourth-order valence-electron chi connectivity index (χ4n) is 3.66. The minimum Gasteiger partial charge on any atom is -0.396 e. The Balaban J connectivity index is 1.75. The number of nitrogens with zero attached hydrogens (tertiary/aromatic N) is 4. The van der Waals surface area contributed by atoms with Crippen molar-refractivity contribution in [2.24, 2.45) is 0 Å². The molecule has 152 valence electrons. The molecule has 2 N–H and O–H groups in total. The predicted molar refractivity (Wildman–Crippen MR) is 116 cm³/mol. The maximum atomic E-state index is 9.16. The first-order valence-corrected chi connectivity index (χ1v) is 10.3. The van der Waals surface area contributed by atoms with Gasteiger partial charge in [0.05, 0.1) is 17.6 Å². The van der Waals surface area contributed by atoms with E-state index in [9.17, 15) is 0 Å². The summed E-state index contributed by atoms with van der Waals surface area (Å²) in [5.74, 6) is 0. The number of halogens is 1. The Kier molecular flexibility index (Phi) is 7.10. The molecule has 0 saturated carbocycles. The Morgan fingerprint density at radius 2 is 2.00 bits per heavy atom. The first-order chi connectivity index (χ1) is 13.5. The summed E-state index contributed by atoms with van der Waals surface area (Å²) in [5, 5.41) is 13.0. The topological polar surface area (TPSA) is 64.5 Å². The first-order valence-electron chi connectivity index (χ1n) is 9.88. The number of piperidine rings is 1. The van der Waals surface area contributed by atoms with Crippen LogP contribution in [0.1, 0.15) is 26.2 Å². The van der Waals surface area contributed by atoms with Crippen molar-refractivity contribution < 1.29 is 5.11 Å². The minimum absolute atomic E-state index is 0.125. The molecule has 1 aliphatic heterocycles. The molecule has 0 bridgehead atoms. The number of aliphatic hydroxyl groups is 1. The molecule has 0 aromatic carbocycles. The summed E-state index contributed by atoms with van der Waals surface area (Å²) in [7, 11) is 4.31. The van der Waals surface area contributed by atoms with Crippen LogP contribution in [0.4, 0.5) is 11.4 Å². The molecule has 1 saturated heterocycles. The number of rotatable bonds is 7. The van der Waals surface area contributed by atoms with Crippen LogP contribution < -0.4 is 10.2 Å². The van der Waals surface area contributed by atoms with Gasteiger partial charge in [-0.3, -0.25) is 4.98 Å². The highest BCUT2D eigenvalue weighted by atomic mass is 35.5. The van der Waals surface area contributed by atoms with Gasteiger partial charge in [-0.25, -0.2) is 4.98 Å². The zero-order chi connectivity index (χ0) is 20.1. The fraction of sp³-hybridized carbons (Fsp3) is 0.524. The quantitative estimate of drug-likeness (QED) is 0.690. The molecule has 0 spiro atoms. The van der Waals surface area contributed by atoms with Crippen LogP contribution >= 0.6 is 11.6 Å². The largest absolute Gasteiger partial charge is 0.396 e. The number of hydrogen-bond donors (Lipinski definition) is 2. The lowest BCUT2D eigenvalue weighted by Crippen LogP contribution is -2.42. The lowest BCUT2D eigenvalue weighted by Gasteiger charge is -2.36. The molecule has 7 heteroatoms. The molecule has 2 aromatic heterocycles. The number of aromatic nitrogens is 2. The van der Waals surface area contributed by atoms with Gasteiger partial charge in [0, 0.05) is 49.2 Å². The summed E-state index contributed by atoms with van der Waals surface area (Å²) in [6, 6.07) is 6.78. The Morgan fingerprint density at radius 3 is 2.61 bits per heavy atom. The van der Waals surface area contributed by atoms with E-state index in [1.54, 1.807) is 6.20 Å². The Labute approximate surface area is 172 Å². The van der Waals surface area contributed by atoms with Crippen molar-refractivity contribution in [2.45, 2.75) is 38.3 Å². The van der Waals surface area contributed by atoms with Crippen LogP contribution in [0.15, 0.2) is 30.6 Å². The zero-order valence-electron chi connectivity index (χ0n) is 16.9. The van der Waals surface area contributed by atoms with Crippen molar-refractivity contribution >= 4 is 23.0 Å². The standard InChI is InChI=1S/C21H30ClN5O/c1-15(8-11-28)25-20-12-21(22)24-14-18(20)19-5-4-17(13-23-19)27-9-6-16(7-10-27)26(2)3/h4-5,12-16,28H,6-11H2,1-3H3,(H,24,25)/t15-/m0/s1. The highest BCUT2D eigenvalue weighted by Gasteiger charge is 2.21. The predicted octanol–water partition coefficient (Wildman–Crippen LogP) is 3.51. The van der Waals surface area contributed by atoms with Crippen molar-refractivity contribution in [1.82, 2.24) is 14.9 Å².